The molecule has 0 unspecified atom stereocenters. The quantitative estimate of drug-likeness (QED) is 0.549. The van der Waals surface area contributed by atoms with Gasteiger partial charge in [0.05, 0.1) is 0 Å². The zero-order valence-corrected chi connectivity index (χ0v) is 9.94. The normalized spacial score (nSPS) is 23.4. The fraction of sp³-hybridized carbons (Fsp3) is 0.846. The predicted octanol–water partition coefficient (Wildman–Crippen LogP) is 2.22. The minimum atomic E-state index is 0.788. The van der Waals surface area contributed by atoms with Crippen molar-refractivity contribution in [1.82, 2.24) is 10.6 Å². The second kappa shape index (κ2) is 5.66. The van der Waals surface area contributed by atoms with Crippen LogP contribution >= 0.6 is 0 Å². The van der Waals surface area contributed by atoms with Gasteiger partial charge in [0, 0.05) is 25.7 Å². The first kappa shape index (κ1) is 11.2. The molecule has 0 aromatic heterocycles. The lowest BCUT2D eigenvalue weighted by atomic mass is 10.0. The first-order valence-electron chi connectivity index (χ1n) is 6.48. The van der Waals surface area contributed by atoms with Gasteiger partial charge in [-0.2, -0.15) is 0 Å². The van der Waals surface area contributed by atoms with E-state index in [4.69, 9.17) is 0 Å². The molecule has 0 aromatic rings. The molecule has 0 amide bonds. The van der Waals surface area contributed by atoms with Gasteiger partial charge < -0.3 is 10.6 Å². The van der Waals surface area contributed by atoms with Gasteiger partial charge in [0.15, 0.2) is 0 Å². The summed E-state index contributed by atoms with van der Waals surface area (Å²) in [4.78, 5) is 0. The van der Waals surface area contributed by atoms with E-state index in [0.717, 1.165) is 25.7 Å². The van der Waals surface area contributed by atoms with Crippen LogP contribution in [0, 0.1) is 0 Å². The molecule has 2 nitrogen and oxygen atoms in total. The Labute approximate surface area is 93.5 Å². The molecule has 0 atom stereocenters. The average molecular weight is 208 g/mol. The molecule has 1 saturated carbocycles. The number of nitrogens with one attached hydrogen (secondary N) is 2. The molecule has 1 aliphatic carbocycles. The summed E-state index contributed by atoms with van der Waals surface area (Å²) in [6, 6.07) is 0.788. The molecule has 1 saturated heterocycles. The van der Waals surface area contributed by atoms with Crippen LogP contribution in [0.3, 0.4) is 0 Å². The third-order valence-corrected chi connectivity index (χ3v) is 3.79. The van der Waals surface area contributed by atoms with Crippen molar-refractivity contribution in [3.63, 3.8) is 0 Å². The molecule has 86 valence electrons. The molecule has 15 heavy (non-hydrogen) atoms. The second-order valence-electron chi connectivity index (χ2n) is 5.06. The minimum Gasteiger partial charge on any atom is -0.310 e. The smallest absolute Gasteiger partial charge is 0.0183 e. The van der Waals surface area contributed by atoms with E-state index >= 15 is 0 Å². The largest absolute Gasteiger partial charge is 0.310 e. The van der Waals surface area contributed by atoms with Crippen LogP contribution in [0.1, 0.15) is 45.4 Å². The molecule has 1 aliphatic heterocycles. The third-order valence-electron chi connectivity index (χ3n) is 3.79. The third kappa shape index (κ3) is 3.32. The molecule has 2 rings (SSSR count). The second-order valence-corrected chi connectivity index (χ2v) is 5.06. The maximum atomic E-state index is 3.72. The lowest BCUT2D eigenvalue weighted by molar-refractivity contribution is 0.474. The van der Waals surface area contributed by atoms with Gasteiger partial charge in [-0.1, -0.05) is 31.3 Å². The number of hydrogen-bond donors (Lipinski definition) is 2. The van der Waals surface area contributed by atoms with Crippen molar-refractivity contribution in [1.29, 1.82) is 0 Å². The lowest BCUT2D eigenvalue weighted by Crippen LogP contribution is -2.37. The summed E-state index contributed by atoms with van der Waals surface area (Å²) in [6.45, 7) is 5.64. The van der Waals surface area contributed by atoms with Crippen molar-refractivity contribution in [3.05, 3.63) is 11.1 Å². The highest BCUT2D eigenvalue weighted by molar-refractivity contribution is 5.22. The van der Waals surface area contributed by atoms with Crippen LogP contribution in [-0.4, -0.2) is 25.7 Å². The first-order valence-corrected chi connectivity index (χ1v) is 6.48. The Morgan fingerprint density at radius 2 is 1.87 bits per heavy atom. The Hall–Kier alpha value is -0.340. The van der Waals surface area contributed by atoms with E-state index in [0.29, 0.717) is 0 Å². The molecule has 2 heteroatoms. The Kier molecular flexibility index (Phi) is 4.21. The molecule has 0 radical (unpaired) electrons. The van der Waals surface area contributed by atoms with Crippen LogP contribution in [0.5, 0.6) is 0 Å². The monoisotopic (exact) mass is 208 g/mol. The minimum absolute atomic E-state index is 0.788. The highest BCUT2D eigenvalue weighted by Crippen LogP contribution is 2.17. The molecule has 0 bridgehead atoms. The lowest BCUT2D eigenvalue weighted by Gasteiger charge is -2.24. The standard InChI is InChI=1S/C13H24N2/c1-11(12-9-14-10-12)8-15-13-6-4-2-3-5-7-13/h13-15H,2-10H2,1H3. The van der Waals surface area contributed by atoms with Gasteiger partial charge in [0.2, 0.25) is 0 Å². The Morgan fingerprint density at radius 3 is 2.40 bits per heavy atom. The van der Waals surface area contributed by atoms with E-state index in [1.165, 1.54) is 38.5 Å². The Balaban J connectivity index is 1.71. The molecule has 2 N–H and O–H groups in total. The van der Waals surface area contributed by atoms with E-state index < -0.39 is 0 Å². The van der Waals surface area contributed by atoms with Gasteiger partial charge in [0.25, 0.3) is 0 Å². The van der Waals surface area contributed by atoms with Gasteiger partial charge >= 0.3 is 0 Å². The zero-order valence-electron chi connectivity index (χ0n) is 9.94. The van der Waals surface area contributed by atoms with E-state index in [2.05, 4.69) is 17.6 Å². The van der Waals surface area contributed by atoms with Crippen LogP contribution in [0.25, 0.3) is 0 Å². The van der Waals surface area contributed by atoms with Crippen LogP contribution < -0.4 is 10.6 Å². The Bertz CT molecular complexity index is 219. The number of hydrogen-bond acceptors (Lipinski definition) is 2. The van der Waals surface area contributed by atoms with E-state index in [1.807, 2.05) is 0 Å². The molecular weight excluding hydrogens is 184 g/mol. The summed E-state index contributed by atoms with van der Waals surface area (Å²) in [6.07, 6.45) is 8.52. The van der Waals surface area contributed by atoms with Crippen molar-refractivity contribution in [2.45, 2.75) is 51.5 Å². The van der Waals surface area contributed by atoms with E-state index in [9.17, 15) is 0 Å². The van der Waals surface area contributed by atoms with Gasteiger partial charge in [-0.15, -0.1) is 0 Å². The average Bonchev–Trinajstić information content (AvgIpc) is 2.40. The molecule has 0 spiro atoms. The maximum absolute atomic E-state index is 3.72. The van der Waals surface area contributed by atoms with E-state index in [-0.39, 0.29) is 0 Å². The fourth-order valence-corrected chi connectivity index (χ4v) is 2.46. The van der Waals surface area contributed by atoms with Gasteiger partial charge in [-0.05, 0) is 25.3 Å². The summed E-state index contributed by atoms with van der Waals surface area (Å²) >= 11 is 0. The molecule has 2 fully saturated rings. The van der Waals surface area contributed by atoms with Crippen LogP contribution in [0.2, 0.25) is 0 Å². The fourth-order valence-electron chi connectivity index (χ4n) is 2.46. The zero-order chi connectivity index (χ0) is 10.5. The highest BCUT2D eigenvalue weighted by atomic mass is 14.9. The SMILES string of the molecule is CC(CNC1CCCCCC1)=C1CNC1. The summed E-state index contributed by atoms with van der Waals surface area (Å²) < 4.78 is 0. The first-order chi connectivity index (χ1) is 7.36. The summed E-state index contributed by atoms with van der Waals surface area (Å²) in [5.74, 6) is 0. The van der Waals surface area contributed by atoms with Crippen LogP contribution in [0.4, 0.5) is 0 Å². The van der Waals surface area contributed by atoms with E-state index in [1.54, 1.807) is 11.1 Å². The molecule has 1 heterocycles. The van der Waals surface area contributed by atoms with Crippen molar-refractivity contribution < 1.29 is 0 Å². The molecule has 2 aliphatic rings. The summed E-state index contributed by atoms with van der Waals surface area (Å²) in [5.41, 5.74) is 3.19. The van der Waals surface area contributed by atoms with Crippen molar-refractivity contribution in [2.24, 2.45) is 0 Å². The highest BCUT2D eigenvalue weighted by Gasteiger charge is 2.14. The van der Waals surface area contributed by atoms with Crippen molar-refractivity contribution in [2.75, 3.05) is 19.6 Å². The van der Waals surface area contributed by atoms with Crippen LogP contribution in [0.15, 0.2) is 11.1 Å². The maximum Gasteiger partial charge on any atom is 0.0183 e. The predicted molar refractivity (Wildman–Crippen MR) is 65.1 cm³/mol. The molecule has 0 aromatic carbocycles. The van der Waals surface area contributed by atoms with Gasteiger partial charge in [0.1, 0.15) is 0 Å². The van der Waals surface area contributed by atoms with Gasteiger partial charge in [-0.25, -0.2) is 0 Å². The topological polar surface area (TPSA) is 24.1 Å². The van der Waals surface area contributed by atoms with Crippen molar-refractivity contribution in [3.8, 4) is 0 Å². The summed E-state index contributed by atoms with van der Waals surface area (Å²) in [5, 5.41) is 7.03. The number of rotatable bonds is 3. The van der Waals surface area contributed by atoms with Crippen molar-refractivity contribution >= 4 is 0 Å². The van der Waals surface area contributed by atoms with Crippen LogP contribution in [-0.2, 0) is 0 Å². The van der Waals surface area contributed by atoms with Gasteiger partial charge in [-0.3, -0.25) is 0 Å². The molecular formula is C13H24N2. The summed E-state index contributed by atoms with van der Waals surface area (Å²) in [7, 11) is 0. The Morgan fingerprint density at radius 1 is 1.20 bits per heavy atom.